The van der Waals surface area contributed by atoms with Crippen molar-refractivity contribution in [2.75, 3.05) is 12.4 Å². The Labute approximate surface area is 110 Å². The predicted octanol–water partition coefficient (Wildman–Crippen LogP) is 1.69. The van der Waals surface area contributed by atoms with E-state index in [0.717, 1.165) is 0 Å². The largest absolute Gasteiger partial charge is 0.355 e. The highest BCUT2D eigenvalue weighted by molar-refractivity contribution is 6.04. The number of carbonyl (C=O) groups excluding carboxylic acids is 2. The van der Waals surface area contributed by atoms with Gasteiger partial charge in [0.25, 0.3) is 11.8 Å². The van der Waals surface area contributed by atoms with Gasteiger partial charge in [0, 0.05) is 36.3 Å². The second kappa shape index (κ2) is 5.77. The van der Waals surface area contributed by atoms with Crippen LogP contribution in [0.4, 0.5) is 5.69 Å². The van der Waals surface area contributed by atoms with E-state index in [1.54, 1.807) is 55.8 Å². The number of nitrogens with one attached hydrogen (secondary N) is 2. The van der Waals surface area contributed by atoms with Crippen LogP contribution in [0.2, 0.25) is 0 Å². The van der Waals surface area contributed by atoms with Gasteiger partial charge in [0.05, 0.1) is 0 Å². The van der Waals surface area contributed by atoms with E-state index < -0.39 is 0 Å². The van der Waals surface area contributed by atoms with E-state index in [0.29, 0.717) is 16.8 Å². The van der Waals surface area contributed by atoms with Crippen molar-refractivity contribution in [3.63, 3.8) is 0 Å². The van der Waals surface area contributed by atoms with Gasteiger partial charge in [-0.2, -0.15) is 0 Å². The molecule has 0 aliphatic rings. The zero-order chi connectivity index (χ0) is 13.7. The number of nitrogens with zero attached hydrogens (tertiary/aromatic N) is 1. The first-order valence-electron chi connectivity index (χ1n) is 5.74. The van der Waals surface area contributed by atoms with E-state index in [-0.39, 0.29) is 11.8 Å². The summed E-state index contributed by atoms with van der Waals surface area (Å²) in [5, 5.41) is 5.28. The number of hydrogen-bond donors (Lipinski definition) is 2. The summed E-state index contributed by atoms with van der Waals surface area (Å²) in [5.41, 5.74) is 1.71. The minimum absolute atomic E-state index is 0.160. The lowest BCUT2D eigenvalue weighted by molar-refractivity contribution is 0.0962. The molecule has 0 aliphatic carbocycles. The third kappa shape index (κ3) is 3.16. The van der Waals surface area contributed by atoms with Crippen molar-refractivity contribution >= 4 is 17.5 Å². The Bertz CT molecular complexity index is 579. The number of rotatable bonds is 3. The summed E-state index contributed by atoms with van der Waals surface area (Å²) in [6, 6.07) is 9.94. The second-order valence-corrected chi connectivity index (χ2v) is 3.85. The molecule has 1 heterocycles. The van der Waals surface area contributed by atoms with Gasteiger partial charge in [-0.15, -0.1) is 0 Å². The Kier molecular flexibility index (Phi) is 3.87. The van der Waals surface area contributed by atoms with Crippen molar-refractivity contribution in [3.05, 3.63) is 59.9 Å². The van der Waals surface area contributed by atoms with Gasteiger partial charge in [-0.05, 0) is 36.4 Å². The molecule has 0 spiro atoms. The van der Waals surface area contributed by atoms with E-state index in [1.165, 1.54) is 0 Å². The van der Waals surface area contributed by atoms with Gasteiger partial charge >= 0.3 is 0 Å². The average Bonchev–Trinajstić information content (AvgIpc) is 2.48. The highest BCUT2D eigenvalue weighted by atomic mass is 16.2. The van der Waals surface area contributed by atoms with Crippen LogP contribution < -0.4 is 10.6 Å². The smallest absolute Gasteiger partial charge is 0.255 e. The van der Waals surface area contributed by atoms with E-state index in [1.807, 2.05) is 0 Å². The topological polar surface area (TPSA) is 71.1 Å². The first kappa shape index (κ1) is 12.8. The number of amides is 2. The molecule has 1 aromatic heterocycles. The fourth-order valence-corrected chi connectivity index (χ4v) is 1.56. The second-order valence-electron chi connectivity index (χ2n) is 3.85. The molecule has 2 rings (SSSR count). The Morgan fingerprint density at radius 3 is 2.05 bits per heavy atom. The van der Waals surface area contributed by atoms with Crippen LogP contribution in [0.3, 0.4) is 0 Å². The third-order valence-corrected chi connectivity index (χ3v) is 2.57. The first-order chi connectivity index (χ1) is 9.20. The number of hydrogen-bond acceptors (Lipinski definition) is 3. The van der Waals surface area contributed by atoms with Crippen molar-refractivity contribution in [1.29, 1.82) is 0 Å². The van der Waals surface area contributed by atoms with Crippen LogP contribution >= 0.6 is 0 Å². The van der Waals surface area contributed by atoms with E-state index in [9.17, 15) is 9.59 Å². The van der Waals surface area contributed by atoms with Crippen molar-refractivity contribution in [2.45, 2.75) is 0 Å². The molecule has 96 valence electrons. The van der Waals surface area contributed by atoms with Gasteiger partial charge in [-0.3, -0.25) is 14.6 Å². The minimum Gasteiger partial charge on any atom is -0.355 e. The van der Waals surface area contributed by atoms with Crippen LogP contribution in [0.5, 0.6) is 0 Å². The monoisotopic (exact) mass is 255 g/mol. The Morgan fingerprint density at radius 2 is 1.47 bits per heavy atom. The zero-order valence-electron chi connectivity index (χ0n) is 10.4. The van der Waals surface area contributed by atoms with Crippen LogP contribution in [-0.2, 0) is 0 Å². The maximum Gasteiger partial charge on any atom is 0.255 e. The molecule has 0 saturated heterocycles. The van der Waals surface area contributed by atoms with Gasteiger partial charge in [0.15, 0.2) is 0 Å². The first-order valence-corrected chi connectivity index (χ1v) is 5.74. The van der Waals surface area contributed by atoms with Gasteiger partial charge in [-0.25, -0.2) is 0 Å². The average molecular weight is 255 g/mol. The lowest BCUT2D eigenvalue weighted by Crippen LogP contribution is -2.17. The van der Waals surface area contributed by atoms with E-state index in [4.69, 9.17) is 0 Å². The van der Waals surface area contributed by atoms with Crippen LogP contribution in [0, 0.1) is 0 Å². The molecule has 2 aromatic rings. The van der Waals surface area contributed by atoms with Crippen molar-refractivity contribution < 1.29 is 9.59 Å². The van der Waals surface area contributed by atoms with Crippen molar-refractivity contribution in [1.82, 2.24) is 10.3 Å². The maximum atomic E-state index is 11.9. The number of benzene rings is 1. The summed E-state index contributed by atoms with van der Waals surface area (Å²) in [6.45, 7) is 0. The molecule has 2 N–H and O–H groups in total. The summed E-state index contributed by atoms with van der Waals surface area (Å²) in [5.74, 6) is -0.373. The molecule has 0 aliphatic heterocycles. The maximum absolute atomic E-state index is 11.9. The predicted molar refractivity (Wildman–Crippen MR) is 72.0 cm³/mol. The third-order valence-electron chi connectivity index (χ3n) is 2.57. The molecule has 1 aromatic carbocycles. The number of carbonyl (C=O) groups is 2. The standard InChI is InChI=1S/C14H13N3O2/c1-15-13(18)10-2-4-12(5-3-10)17-14(19)11-6-8-16-9-7-11/h2-9H,1H3,(H,15,18)(H,17,19). The molecular weight excluding hydrogens is 242 g/mol. The highest BCUT2D eigenvalue weighted by Crippen LogP contribution is 2.11. The highest BCUT2D eigenvalue weighted by Gasteiger charge is 2.06. The Balaban J connectivity index is 2.08. The van der Waals surface area contributed by atoms with E-state index >= 15 is 0 Å². The summed E-state index contributed by atoms with van der Waals surface area (Å²) in [7, 11) is 1.57. The molecule has 5 heteroatoms. The minimum atomic E-state index is -0.213. The fourth-order valence-electron chi connectivity index (χ4n) is 1.56. The zero-order valence-corrected chi connectivity index (χ0v) is 10.4. The van der Waals surface area contributed by atoms with Crippen LogP contribution in [0.15, 0.2) is 48.8 Å². The summed E-state index contributed by atoms with van der Waals surface area (Å²) in [4.78, 5) is 27.1. The SMILES string of the molecule is CNC(=O)c1ccc(NC(=O)c2ccncc2)cc1. The number of anilines is 1. The molecular formula is C14H13N3O2. The normalized spacial score (nSPS) is 9.74. The molecule has 0 radical (unpaired) electrons. The van der Waals surface area contributed by atoms with E-state index in [2.05, 4.69) is 15.6 Å². The lowest BCUT2D eigenvalue weighted by Gasteiger charge is -2.06. The molecule has 0 atom stereocenters. The fraction of sp³-hybridized carbons (Fsp3) is 0.0714. The Morgan fingerprint density at radius 1 is 0.895 bits per heavy atom. The molecule has 5 nitrogen and oxygen atoms in total. The molecule has 0 bridgehead atoms. The van der Waals surface area contributed by atoms with Crippen molar-refractivity contribution in [3.8, 4) is 0 Å². The molecule has 2 amide bonds. The lowest BCUT2D eigenvalue weighted by atomic mass is 10.2. The van der Waals surface area contributed by atoms with Gasteiger partial charge < -0.3 is 10.6 Å². The van der Waals surface area contributed by atoms with Gasteiger partial charge in [0.2, 0.25) is 0 Å². The Hall–Kier alpha value is -2.69. The molecule has 19 heavy (non-hydrogen) atoms. The molecule has 0 saturated carbocycles. The summed E-state index contributed by atoms with van der Waals surface area (Å²) >= 11 is 0. The van der Waals surface area contributed by atoms with Gasteiger partial charge in [0.1, 0.15) is 0 Å². The summed E-state index contributed by atoms with van der Waals surface area (Å²) < 4.78 is 0. The number of pyridine rings is 1. The van der Waals surface area contributed by atoms with Crippen molar-refractivity contribution in [2.24, 2.45) is 0 Å². The van der Waals surface area contributed by atoms with Gasteiger partial charge in [-0.1, -0.05) is 0 Å². The summed E-state index contributed by atoms with van der Waals surface area (Å²) in [6.07, 6.45) is 3.12. The van der Waals surface area contributed by atoms with Crippen LogP contribution in [0.25, 0.3) is 0 Å². The molecule has 0 fully saturated rings. The molecule has 0 unspecified atom stereocenters. The van der Waals surface area contributed by atoms with Crippen LogP contribution in [0.1, 0.15) is 20.7 Å². The quantitative estimate of drug-likeness (QED) is 0.876. The number of aromatic nitrogens is 1. The van der Waals surface area contributed by atoms with Crippen LogP contribution in [-0.4, -0.2) is 23.8 Å².